The molecule has 0 saturated heterocycles. The topological polar surface area (TPSA) is 86.8 Å². The summed E-state index contributed by atoms with van der Waals surface area (Å²) >= 11 is 0. The first-order valence-electron chi connectivity index (χ1n) is 10.6. The number of carbonyl (C=O) groups is 2. The Kier molecular flexibility index (Phi) is 9.08. The zero-order chi connectivity index (χ0) is 25.6. The number of halogens is 3. The van der Waals surface area contributed by atoms with Crippen LogP contribution in [0.3, 0.4) is 0 Å². The van der Waals surface area contributed by atoms with Crippen LogP contribution in [0.5, 0.6) is 0 Å². The highest BCUT2D eigenvalue weighted by molar-refractivity contribution is 7.92. The number of nitrogens with one attached hydrogen (secondary N) is 1. The van der Waals surface area contributed by atoms with Crippen molar-refractivity contribution < 1.29 is 31.2 Å². The number of anilines is 1. The lowest BCUT2D eigenvalue weighted by Gasteiger charge is -2.33. The van der Waals surface area contributed by atoms with Crippen molar-refractivity contribution in [1.29, 1.82) is 0 Å². The zero-order valence-corrected chi connectivity index (χ0v) is 20.2. The molecule has 0 aliphatic rings. The van der Waals surface area contributed by atoms with Crippen LogP contribution in [0.1, 0.15) is 32.8 Å². The van der Waals surface area contributed by atoms with E-state index in [0.717, 1.165) is 18.4 Å². The number of hydrogen-bond donors (Lipinski definition) is 1. The molecule has 0 saturated carbocycles. The molecule has 2 rings (SSSR count). The van der Waals surface area contributed by atoms with Gasteiger partial charge in [-0.3, -0.25) is 13.9 Å². The van der Waals surface area contributed by atoms with Crippen LogP contribution in [0.15, 0.2) is 42.5 Å². The minimum atomic E-state index is -4.08. The first kappa shape index (κ1) is 27.2. The van der Waals surface area contributed by atoms with Gasteiger partial charge >= 0.3 is 0 Å². The fraction of sp³-hybridized carbons (Fsp3) is 0.391. The lowest BCUT2D eigenvalue weighted by atomic mass is 10.1. The first-order chi connectivity index (χ1) is 15.8. The van der Waals surface area contributed by atoms with Crippen LogP contribution in [0.4, 0.5) is 18.9 Å². The lowest BCUT2D eigenvalue weighted by molar-refractivity contribution is -0.140. The third-order valence-electron chi connectivity index (χ3n) is 4.95. The number of benzene rings is 2. The average Bonchev–Trinajstić information content (AvgIpc) is 2.74. The smallest absolute Gasteiger partial charge is 0.244 e. The molecule has 186 valence electrons. The van der Waals surface area contributed by atoms with Crippen molar-refractivity contribution in [3.63, 3.8) is 0 Å². The molecule has 2 aromatic rings. The Morgan fingerprint density at radius 2 is 1.62 bits per heavy atom. The molecule has 2 amide bonds. The Hall–Kier alpha value is -3.08. The van der Waals surface area contributed by atoms with Gasteiger partial charge < -0.3 is 10.2 Å². The van der Waals surface area contributed by atoms with Gasteiger partial charge in [0.1, 0.15) is 18.4 Å². The van der Waals surface area contributed by atoms with E-state index in [1.807, 2.05) is 0 Å². The minimum absolute atomic E-state index is 0.0987. The maximum Gasteiger partial charge on any atom is 0.244 e. The van der Waals surface area contributed by atoms with E-state index < -0.39 is 51.9 Å². The third kappa shape index (κ3) is 7.21. The fourth-order valence-corrected chi connectivity index (χ4v) is 4.18. The molecule has 11 heteroatoms. The molecule has 0 bridgehead atoms. The predicted octanol–water partition coefficient (Wildman–Crippen LogP) is 3.20. The summed E-state index contributed by atoms with van der Waals surface area (Å²) in [6.45, 7) is 4.35. The summed E-state index contributed by atoms with van der Waals surface area (Å²) < 4.78 is 66.0. The number of amides is 2. The Morgan fingerprint density at radius 3 is 2.12 bits per heavy atom. The van der Waals surface area contributed by atoms with E-state index in [2.05, 4.69) is 5.32 Å². The second-order valence-corrected chi connectivity index (χ2v) is 10.0. The van der Waals surface area contributed by atoms with E-state index in [0.29, 0.717) is 15.9 Å². The van der Waals surface area contributed by atoms with E-state index >= 15 is 0 Å². The van der Waals surface area contributed by atoms with Crippen LogP contribution in [-0.4, -0.2) is 50.0 Å². The van der Waals surface area contributed by atoms with Crippen molar-refractivity contribution in [2.45, 2.75) is 45.8 Å². The highest BCUT2D eigenvalue weighted by Crippen LogP contribution is 2.22. The van der Waals surface area contributed by atoms with Gasteiger partial charge in [0.05, 0.1) is 11.9 Å². The molecule has 1 atom stereocenters. The van der Waals surface area contributed by atoms with Gasteiger partial charge in [-0.15, -0.1) is 0 Å². The Balaban J connectivity index is 2.45. The second kappa shape index (κ2) is 11.4. The van der Waals surface area contributed by atoms with Crippen LogP contribution in [0.25, 0.3) is 0 Å². The Labute approximate surface area is 197 Å². The summed E-state index contributed by atoms with van der Waals surface area (Å²) in [4.78, 5) is 27.4. The highest BCUT2D eigenvalue weighted by Gasteiger charge is 2.32. The normalized spacial score (nSPS) is 12.4. The first-order valence-corrected chi connectivity index (χ1v) is 12.4. The van der Waals surface area contributed by atoms with Crippen molar-refractivity contribution in [3.8, 4) is 0 Å². The zero-order valence-electron chi connectivity index (χ0n) is 19.4. The van der Waals surface area contributed by atoms with Crippen LogP contribution >= 0.6 is 0 Å². The summed E-state index contributed by atoms with van der Waals surface area (Å²) in [6, 6.07) is 6.63. The molecular weight excluding hydrogens is 471 g/mol. The standard InChI is InChI=1S/C23H28F3N3O4S/c1-5-21(23(31)27-15(2)3)28(13-16-6-8-17(24)9-7-16)22(30)14-29(34(4,32)33)18-10-11-19(25)20(26)12-18/h6-12,15,21H,5,13-14H2,1-4H3,(H,27,31)/t21-/m0/s1. The van der Waals surface area contributed by atoms with Crippen LogP contribution in [-0.2, 0) is 26.2 Å². The number of rotatable bonds is 10. The molecule has 2 aromatic carbocycles. The summed E-state index contributed by atoms with van der Waals surface area (Å²) in [6.07, 6.45) is 1.05. The van der Waals surface area contributed by atoms with E-state index in [1.54, 1.807) is 20.8 Å². The number of hydrogen-bond acceptors (Lipinski definition) is 4. The van der Waals surface area contributed by atoms with E-state index in [9.17, 15) is 31.2 Å². The van der Waals surface area contributed by atoms with Gasteiger partial charge in [0, 0.05) is 18.7 Å². The molecular formula is C23H28F3N3O4S. The van der Waals surface area contributed by atoms with Crippen LogP contribution in [0.2, 0.25) is 0 Å². The fourth-order valence-electron chi connectivity index (χ4n) is 3.34. The number of nitrogens with zero attached hydrogens (tertiary/aromatic N) is 2. The summed E-state index contributed by atoms with van der Waals surface area (Å²) in [5.41, 5.74) is 0.278. The predicted molar refractivity (Wildman–Crippen MR) is 123 cm³/mol. The van der Waals surface area contributed by atoms with Crippen LogP contribution in [0, 0.1) is 17.5 Å². The quantitative estimate of drug-likeness (QED) is 0.544. The van der Waals surface area contributed by atoms with Gasteiger partial charge in [-0.05, 0) is 50.1 Å². The van der Waals surface area contributed by atoms with Crippen molar-refractivity contribution in [1.82, 2.24) is 10.2 Å². The monoisotopic (exact) mass is 499 g/mol. The van der Waals surface area contributed by atoms with Crippen molar-refractivity contribution in [2.24, 2.45) is 0 Å². The van der Waals surface area contributed by atoms with Crippen molar-refractivity contribution in [3.05, 3.63) is 65.5 Å². The summed E-state index contributed by atoms with van der Waals surface area (Å²) in [5.74, 6) is -4.10. The van der Waals surface area contributed by atoms with E-state index in [4.69, 9.17) is 0 Å². The Morgan fingerprint density at radius 1 is 1.00 bits per heavy atom. The van der Waals surface area contributed by atoms with Crippen molar-refractivity contribution >= 4 is 27.5 Å². The molecule has 0 aromatic heterocycles. The lowest BCUT2D eigenvalue weighted by Crippen LogP contribution is -2.53. The molecule has 0 radical (unpaired) electrons. The second-order valence-electron chi connectivity index (χ2n) is 8.10. The largest absolute Gasteiger partial charge is 0.352 e. The Bertz CT molecular complexity index is 1120. The summed E-state index contributed by atoms with van der Waals surface area (Å²) in [5, 5.41) is 2.74. The van der Waals surface area contributed by atoms with Gasteiger partial charge in [0.25, 0.3) is 0 Å². The minimum Gasteiger partial charge on any atom is -0.352 e. The number of sulfonamides is 1. The molecule has 7 nitrogen and oxygen atoms in total. The SMILES string of the molecule is CC[C@@H](C(=O)NC(C)C)N(Cc1ccc(F)cc1)C(=O)CN(c1ccc(F)c(F)c1)S(C)(=O)=O. The molecule has 0 spiro atoms. The van der Waals surface area contributed by atoms with Crippen LogP contribution < -0.4 is 9.62 Å². The van der Waals surface area contributed by atoms with Crippen molar-refractivity contribution in [2.75, 3.05) is 17.1 Å². The van der Waals surface area contributed by atoms with Gasteiger partial charge in [0.15, 0.2) is 11.6 Å². The van der Waals surface area contributed by atoms with Gasteiger partial charge in [-0.2, -0.15) is 0 Å². The average molecular weight is 500 g/mol. The molecule has 1 N–H and O–H groups in total. The molecule has 0 fully saturated rings. The molecule has 0 unspecified atom stereocenters. The molecule has 0 aliphatic heterocycles. The summed E-state index contributed by atoms with van der Waals surface area (Å²) in [7, 11) is -4.08. The van der Waals surface area contributed by atoms with Gasteiger partial charge in [-0.1, -0.05) is 19.1 Å². The molecule has 0 aliphatic carbocycles. The van der Waals surface area contributed by atoms with E-state index in [1.165, 1.54) is 29.2 Å². The van der Waals surface area contributed by atoms with Gasteiger partial charge in [-0.25, -0.2) is 21.6 Å². The molecule has 34 heavy (non-hydrogen) atoms. The maximum atomic E-state index is 13.8. The van der Waals surface area contributed by atoms with Gasteiger partial charge in [0.2, 0.25) is 21.8 Å². The molecule has 0 heterocycles. The van der Waals surface area contributed by atoms with E-state index in [-0.39, 0.29) is 24.7 Å². The third-order valence-corrected chi connectivity index (χ3v) is 6.09. The maximum absolute atomic E-state index is 13.8. The number of carbonyl (C=O) groups excluding carboxylic acids is 2. The highest BCUT2D eigenvalue weighted by atomic mass is 32.2.